The van der Waals surface area contributed by atoms with E-state index < -0.39 is 8.32 Å². The number of carbonyl (C=O) groups is 1. The van der Waals surface area contributed by atoms with E-state index in [4.69, 9.17) is 4.43 Å². The Morgan fingerprint density at radius 1 is 1.36 bits per heavy atom. The van der Waals surface area contributed by atoms with Crippen LogP contribution in [0.15, 0.2) is 0 Å². The van der Waals surface area contributed by atoms with Gasteiger partial charge in [0.2, 0.25) is 8.32 Å². The molecule has 0 aliphatic rings. The van der Waals surface area contributed by atoms with Gasteiger partial charge in [0, 0.05) is 6.42 Å². The number of carbonyl (C=O) groups excluding carboxylic acids is 1. The predicted molar refractivity (Wildman–Crippen MR) is 49.0 cm³/mol. The maximum atomic E-state index is 11.0. The smallest absolute Gasteiger partial charge is 0.292 e. The van der Waals surface area contributed by atoms with Crippen LogP contribution in [0.4, 0.5) is 0 Å². The first-order valence-electron chi connectivity index (χ1n) is 4.23. The van der Waals surface area contributed by atoms with Crippen molar-refractivity contribution >= 4 is 14.3 Å². The summed E-state index contributed by atoms with van der Waals surface area (Å²) in [4.78, 5) is 11.0. The van der Waals surface area contributed by atoms with E-state index in [2.05, 4.69) is 20.0 Å². The average Bonchev–Trinajstić information content (AvgIpc) is 1.87. The third kappa shape index (κ3) is 5.01. The molecule has 0 saturated heterocycles. The molecule has 0 saturated carbocycles. The molecule has 0 heterocycles. The number of hydrogen-bond donors (Lipinski definition) is 0. The maximum absolute atomic E-state index is 11.0. The summed E-state index contributed by atoms with van der Waals surface area (Å²) in [5.74, 6) is -0.0222. The SMILES string of the molecule is CCCC(=O)O[Si](C)(C)CC. The van der Waals surface area contributed by atoms with Gasteiger partial charge in [0.25, 0.3) is 5.97 Å². The molecule has 0 atom stereocenters. The van der Waals surface area contributed by atoms with Crippen molar-refractivity contribution in [2.24, 2.45) is 0 Å². The first-order valence-corrected chi connectivity index (χ1v) is 7.35. The highest BCUT2D eigenvalue weighted by Gasteiger charge is 2.23. The molecule has 0 fully saturated rings. The molecule has 2 nitrogen and oxygen atoms in total. The van der Waals surface area contributed by atoms with E-state index in [9.17, 15) is 4.79 Å². The molecule has 0 aromatic heterocycles. The molecule has 0 amide bonds. The van der Waals surface area contributed by atoms with Crippen LogP contribution in [0, 0.1) is 0 Å². The summed E-state index contributed by atoms with van der Waals surface area (Å²) in [5, 5.41) is 0. The Hall–Kier alpha value is -0.313. The first kappa shape index (κ1) is 10.7. The van der Waals surface area contributed by atoms with E-state index in [1.165, 1.54) is 0 Å². The lowest BCUT2D eigenvalue weighted by molar-refractivity contribution is -0.135. The molecule has 0 N–H and O–H groups in total. The van der Waals surface area contributed by atoms with Crippen LogP contribution in [0.1, 0.15) is 26.7 Å². The van der Waals surface area contributed by atoms with Gasteiger partial charge in [0.05, 0.1) is 0 Å². The Bertz CT molecular complexity index is 132. The minimum atomic E-state index is -1.63. The second kappa shape index (κ2) is 4.54. The fourth-order valence-corrected chi connectivity index (χ4v) is 1.50. The van der Waals surface area contributed by atoms with Crippen molar-refractivity contribution in [1.29, 1.82) is 0 Å². The van der Waals surface area contributed by atoms with E-state index in [0.29, 0.717) is 6.42 Å². The third-order valence-electron chi connectivity index (χ3n) is 1.70. The minimum absolute atomic E-state index is 0.0222. The summed E-state index contributed by atoms with van der Waals surface area (Å²) in [5.41, 5.74) is 0. The maximum Gasteiger partial charge on any atom is 0.292 e. The number of rotatable bonds is 4. The van der Waals surface area contributed by atoms with Crippen molar-refractivity contribution in [2.45, 2.75) is 45.8 Å². The zero-order valence-corrected chi connectivity index (χ0v) is 8.94. The molecule has 0 rings (SSSR count). The Kier molecular flexibility index (Phi) is 4.41. The highest BCUT2D eigenvalue weighted by molar-refractivity contribution is 6.72. The summed E-state index contributed by atoms with van der Waals surface area (Å²) in [6.45, 7) is 8.20. The van der Waals surface area contributed by atoms with Gasteiger partial charge in [-0.3, -0.25) is 4.79 Å². The molecule has 3 heteroatoms. The van der Waals surface area contributed by atoms with Crippen LogP contribution in [0.2, 0.25) is 19.1 Å². The van der Waals surface area contributed by atoms with E-state index in [1.54, 1.807) is 0 Å². The zero-order chi connectivity index (χ0) is 8.91. The normalized spacial score (nSPS) is 11.3. The summed E-state index contributed by atoms with van der Waals surface area (Å²) in [6.07, 6.45) is 1.45. The molecule has 0 radical (unpaired) electrons. The van der Waals surface area contributed by atoms with Crippen molar-refractivity contribution < 1.29 is 9.22 Å². The highest BCUT2D eigenvalue weighted by atomic mass is 28.4. The van der Waals surface area contributed by atoms with Gasteiger partial charge >= 0.3 is 0 Å². The van der Waals surface area contributed by atoms with Crippen LogP contribution in [-0.4, -0.2) is 14.3 Å². The summed E-state index contributed by atoms with van der Waals surface area (Å²) < 4.78 is 5.33. The first-order chi connectivity index (χ1) is 5.02. The van der Waals surface area contributed by atoms with Crippen LogP contribution >= 0.6 is 0 Å². The quantitative estimate of drug-likeness (QED) is 0.612. The van der Waals surface area contributed by atoms with Crippen LogP contribution in [-0.2, 0) is 9.22 Å². The lowest BCUT2D eigenvalue weighted by atomic mass is 10.4. The molecular weight excluding hydrogens is 156 g/mol. The van der Waals surface area contributed by atoms with E-state index in [1.807, 2.05) is 6.92 Å². The monoisotopic (exact) mass is 174 g/mol. The van der Waals surface area contributed by atoms with E-state index in [0.717, 1.165) is 12.5 Å². The van der Waals surface area contributed by atoms with Crippen molar-refractivity contribution in [3.05, 3.63) is 0 Å². The molecule has 0 spiro atoms. The average molecular weight is 174 g/mol. The van der Waals surface area contributed by atoms with Gasteiger partial charge < -0.3 is 4.43 Å². The molecular formula is C8H18O2Si. The third-order valence-corrected chi connectivity index (χ3v) is 4.18. The Balaban J connectivity index is 3.74. The molecule has 0 aromatic carbocycles. The van der Waals surface area contributed by atoms with Crippen LogP contribution in [0.5, 0.6) is 0 Å². The second-order valence-corrected chi connectivity index (χ2v) is 7.77. The lowest BCUT2D eigenvalue weighted by Crippen LogP contribution is -2.32. The minimum Gasteiger partial charge on any atom is -0.520 e. The van der Waals surface area contributed by atoms with Crippen molar-refractivity contribution in [3.63, 3.8) is 0 Å². The van der Waals surface area contributed by atoms with Gasteiger partial charge in [0.15, 0.2) is 0 Å². The van der Waals surface area contributed by atoms with Gasteiger partial charge in [0.1, 0.15) is 0 Å². The summed E-state index contributed by atoms with van der Waals surface area (Å²) in [7, 11) is -1.63. The molecule has 0 aliphatic carbocycles. The largest absolute Gasteiger partial charge is 0.520 e. The van der Waals surface area contributed by atoms with Crippen molar-refractivity contribution in [3.8, 4) is 0 Å². The van der Waals surface area contributed by atoms with Crippen molar-refractivity contribution in [1.82, 2.24) is 0 Å². The Morgan fingerprint density at radius 2 is 1.91 bits per heavy atom. The van der Waals surface area contributed by atoms with Crippen LogP contribution < -0.4 is 0 Å². The fourth-order valence-electron chi connectivity index (χ4n) is 0.635. The molecule has 0 bridgehead atoms. The molecule has 66 valence electrons. The standard InChI is InChI=1S/C8H18O2Si/c1-5-7-8(9)10-11(3,4)6-2/h5-7H2,1-4H3. The second-order valence-electron chi connectivity index (χ2n) is 3.34. The van der Waals surface area contributed by atoms with Gasteiger partial charge in [-0.05, 0) is 25.6 Å². The molecule has 0 unspecified atom stereocenters. The molecule has 0 aromatic rings. The van der Waals surface area contributed by atoms with Gasteiger partial charge in [-0.1, -0.05) is 13.8 Å². The van der Waals surface area contributed by atoms with Gasteiger partial charge in [-0.15, -0.1) is 0 Å². The van der Waals surface area contributed by atoms with Crippen molar-refractivity contribution in [2.75, 3.05) is 0 Å². The fraction of sp³-hybridized carbons (Fsp3) is 0.875. The van der Waals surface area contributed by atoms with Gasteiger partial charge in [-0.25, -0.2) is 0 Å². The summed E-state index contributed by atoms with van der Waals surface area (Å²) in [6, 6.07) is 1.00. The number of hydrogen-bond acceptors (Lipinski definition) is 2. The molecule has 11 heavy (non-hydrogen) atoms. The topological polar surface area (TPSA) is 26.3 Å². The van der Waals surface area contributed by atoms with Crippen LogP contribution in [0.3, 0.4) is 0 Å². The van der Waals surface area contributed by atoms with Crippen LogP contribution in [0.25, 0.3) is 0 Å². The lowest BCUT2D eigenvalue weighted by Gasteiger charge is -2.20. The predicted octanol–water partition coefficient (Wildman–Crippen LogP) is 2.55. The zero-order valence-electron chi connectivity index (χ0n) is 7.94. The van der Waals surface area contributed by atoms with E-state index >= 15 is 0 Å². The Morgan fingerprint density at radius 3 is 2.27 bits per heavy atom. The highest BCUT2D eigenvalue weighted by Crippen LogP contribution is 2.11. The Labute approximate surface area is 70.1 Å². The van der Waals surface area contributed by atoms with Gasteiger partial charge in [-0.2, -0.15) is 0 Å². The molecule has 0 aliphatic heterocycles. The van der Waals surface area contributed by atoms with E-state index in [-0.39, 0.29) is 5.97 Å². The summed E-state index contributed by atoms with van der Waals surface area (Å²) >= 11 is 0.